The van der Waals surface area contributed by atoms with Gasteiger partial charge in [-0.3, -0.25) is 19.2 Å². The number of esters is 1. The highest BCUT2D eigenvalue weighted by atomic mass is 79.9. The average molecular weight is 779 g/mol. The summed E-state index contributed by atoms with van der Waals surface area (Å²) in [5.74, 6) is -3.95. The number of hydrogen-bond donors (Lipinski definition) is 2. The molecular formula is C40H48BrN3O8. The largest absolute Gasteiger partial charge is 0.455 e. The second kappa shape index (κ2) is 15.6. The van der Waals surface area contributed by atoms with Crippen LogP contribution in [0.1, 0.15) is 55.9 Å². The molecule has 3 amide bonds. The van der Waals surface area contributed by atoms with Crippen molar-refractivity contribution in [3.63, 3.8) is 0 Å². The zero-order valence-electron chi connectivity index (χ0n) is 30.3. The lowest BCUT2D eigenvalue weighted by Gasteiger charge is -2.39. The van der Waals surface area contributed by atoms with Crippen molar-refractivity contribution in [2.75, 3.05) is 31.8 Å². The number of carbonyl (C=O) groups is 4. The Balaban J connectivity index is 1.53. The van der Waals surface area contributed by atoms with Crippen molar-refractivity contribution in [3.05, 3.63) is 87.9 Å². The third kappa shape index (κ3) is 6.86. The van der Waals surface area contributed by atoms with E-state index >= 15 is 4.79 Å². The number of benzene rings is 2. The van der Waals surface area contributed by atoms with Crippen molar-refractivity contribution >= 4 is 45.3 Å². The number of aliphatic hydroxyl groups is 1. The first-order valence-corrected chi connectivity index (χ1v) is 18.8. The maximum absolute atomic E-state index is 15.4. The number of likely N-dealkylation sites (tertiary alicyclic amines) is 1. The molecule has 278 valence electrons. The Labute approximate surface area is 313 Å². The van der Waals surface area contributed by atoms with Gasteiger partial charge in [-0.15, -0.1) is 0 Å². The number of amides is 3. The summed E-state index contributed by atoms with van der Waals surface area (Å²) in [6.07, 6.45) is 4.61. The van der Waals surface area contributed by atoms with Crippen LogP contribution in [0.4, 0.5) is 5.69 Å². The second-order valence-corrected chi connectivity index (χ2v) is 15.6. The molecule has 0 unspecified atom stereocenters. The quantitative estimate of drug-likeness (QED) is 0.292. The molecule has 2 saturated heterocycles. The van der Waals surface area contributed by atoms with Crippen molar-refractivity contribution in [3.8, 4) is 0 Å². The van der Waals surface area contributed by atoms with E-state index in [0.717, 1.165) is 11.1 Å². The van der Waals surface area contributed by atoms with Crippen molar-refractivity contribution < 1.29 is 38.5 Å². The number of cyclic esters (lactones) is 1. The van der Waals surface area contributed by atoms with Crippen LogP contribution in [0, 0.1) is 31.6 Å². The molecule has 11 nitrogen and oxygen atoms in total. The van der Waals surface area contributed by atoms with Crippen LogP contribution < -0.4 is 10.2 Å². The number of nitrogens with one attached hydrogen (secondary N) is 1. The molecule has 0 radical (unpaired) electrons. The van der Waals surface area contributed by atoms with Gasteiger partial charge in [-0.05, 0) is 55.4 Å². The fraction of sp³-hybridized carbons (Fsp3) is 0.500. The van der Waals surface area contributed by atoms with Crippen LogP contribution in [0.2, 0.25) is 0 Å². The van der Waals surface area contributed by atoms with Gasteiger partial charge in [0.05, 0.1) is 31.2 Å². The van der Waals surface area contributed by atoms with E-state index in [2.05, 4.69) is 21.2 Å². The van der Waals surface area contributed by atoms with Gasteiger partial charge in [0, 0.05) is 30.2 Å². The van der Waals surface area contributed by atoms with Gasteiger partial charge >= 0.3 is 5.97 Å². The molecule has 8 atom stereocenters. The number of aliphatic hydroxyl groups excluding tert-OH is 1. The molecule has 6 rings (SSSR count). The van der Waals surface area contributed by atoms with E-state index in [0.29, 0.717) is 28.6 Å². The molecule has 5 bridgehead atoms. The highest BCUT2D eigenvalue weighted by Gasteiger charge is 2.75. The Bertz CT molecular complexity index is 1730. The minimum atomic E-state index is -1.53. The zero-order valence-corrected chi connectivity index (χ0v) is 31.9. The minimum Gasteiger partial charge on any atom is -0.455 e. The van der Waals surface area contributed by atoms with Gasteiger partial charge in [0.25, 0.3) is 5.91 Å². The summed E-state index contributed by atoms with van der Waals surface area (Å²) >= 11 is 3.64. The summed E-state index contributed by atoms with van der Waals surface area (Å²) in [5, 5.41) is 13.8. The summed E-state index contributed by atoms with van der Waals surface area (Å²) in [6, 6.07) is 12.2. The van der Waals surface area contributed by atoms with E-state index in [1.807, 2.05) is 88.4 Å². The summed E-state index contributed by atoms with van der Waals surface area (Å²) in [4.78, 5) is 61.5. The molecule has 2 aromatic carbocycles. The van der Waals surface area contributed by atoms with Crippen molar-refractivity contribution in [2.24, 2.45) is 17.8 Å². The van der Waals surface area contributed by atoms with Crippen LogP contribution in [-0.2, 0) is 33.4 Å². The van der Waals surface area contributed by atoms with Crippen molar-refractivity contribution in [1.82, 2.24) is 10.2 Å². The molecule has 4 aliphatic heterocycles. The van der Waals surface area contributed by atoms with Gasteiger partial charge in [0.15, 0.2) is 0 Å². The Morgan fingerprint density at radius 3 is 2.37 bits per heavy atom. The van der Waals surface area contributed by atoms with E-state index in [9.17, 15) is 19.5 Å². The van der Waals surface area contributed by atoms with Crippen LogP contribution in [0.5, 0.6) is 0 Å². The first-order chi connectivity index (χ1) is 24.9. The lowest BCUT2D eigenvalue weighted by Crippen LogP contribution is -2.59. The van der Waals surface area contributed by atoms with E-state index in [-0.39, 0.29) is 38.0 Å². The molecule has 1 spiro atoms. The number of methoxy groups -OCH3 is 1. The number of ether oxygens (including phenoxy) is 3. The van der Waals surface area contributed by atoms with E-state index < -0.39 is 65.6 Å². The van der Waals surface area contributed by atoms with Crippen LogP contribution in [-0.4, -0.2) is 90.4 Å². The van der Waals surface area contributed by atoms with E-state index in [1.165, 1.54) is 12.0 Å². The number of halogens is 1. The van der Waals surface area contributed by atoms with Gasteiger partial charge < -0.3 is 34.4 Å². The van der Waals surface area contributed by atoms with Crippen LogP contribution >= 0.6 is 15.9 Å². The number of allylic oxidation sites excluding steroid dienone is 1. The number of fused-ring (bicyclic) bond motifs is 2. The number of rotatable bonds is 8. The number of nitrogens with zero attached hydrogens (tertiary/aromatic N) is 2. The molecule has 2 aromatic rings. The van der Waals surface area contributed by atoms with E-state index in [4.69, 9.17) is 14.2 Å². The maximum atomic E-state index is 15.4. The van der Waals surface area contributed by atoms with Gasteiger partial charge in [-0.1, -0.05) is 90.5 Å². The third-order valence-electron chi connectivity index (χ3n) is 10.6. The Kier molecular flexibility index (Phi) is 11.4. The fourth-order valence-electron chi connectivity index (χ4n) is 8.49. The topological polar surface area (TPSA) is 135 Å². The molecule has 0 aromatic heterocycles. The molecule has 0 saturated carbocycles. The minimum absolute atomic E-state index is 0.0530. The maximum Gasteiger partial charge on any atom is 0.313 e. The van der Waals surface area contributed by atoms with Gasteiger partial charge in [-0.25, -0.2) is 0 Å². The second-order valence-electron chi connectivity index (χ2n) is 14.6. The van der Waals surface area contributed by atoms with Crippen LogP contribution in [0.25, 0.3) is 0 Å². The monoisotopic (exact) mass is 777 g/mol. The number of anilines is 1. The smallest absolute Gasteiger partial charge is 0.313 e. The van der Waals surface area contributed by atoms with Gasteiger partial charge in [0.2, 0.25) is 11.8 Å². The first kappa shape index (κ1) is 37.9. The lowest BCUT2D eigenvalue weighted by molar-refractivity contribution is -0.162. The molecular weight excluding hydrogens is 730 g/mol. The normalized spacial score (nSPS) is 30.7. The Morgan fingerprint density at radius 1 is 1.00 bits per heavy atom. The molecule has 12 heteroatoms. The van der Waals surface area contributed by atoms with E-state index in [1.54, 1.807) is 11.0 Å². The van der Waals surface area contributed by atoms with Crippen LogP contribution in [0.15, 0.2) is 71.2 Å². The van der Waals surface area contributed by atoms with Crippen LogP contribution in [0.3, 0.4) is 0 Å². The third-order valence-corrected chi connectivity index (χ3v) is 11.3. The Morgan fingerprint density at radius 2 is 1.71 bits per heavy atom. The first-order valence-electron chi connectivity index (χ1n) is 18.0. The average Bonchev–Trinajstić information content (AvgIpc) is 3.71. The zero-order chi connectivity index (χ0) is 37.3. The highest BCUT2D eigenvalue weighted by molar-refractivity contribution is 9.11. The molecule has 0 aliphatic carbocycles. The number of aryl methyl sites for hydroxylation is 2. The molecule has 4 aliphatic rings. The highest BCUT2D eigenvalue weighted by Crippen LogP contribution is 2.59. The van der Waals surface area contributed by atoms with Gasteiger partial charge in [0.1, 0.15) is 29.8 Å². The number of carbonyl (C=O) groups excluding carboxylic acids is 4. The van der Waals surface area contributed by atoms with Crippen molar-refractivity contribution in [1.29, 1.82) is 0 Å². The lowest BCUT2D eigenvalue weighted by atomic mass is 9.74. The summed E-state index contributed by atoms with van der Waals surface area (Å²) in [6.45, 7) is 7.68. The predicted molar refractivity (Wildman–Crippen MR) is 198 cm³/mol. The number of hydrogen-bond acceptors (Lipinski definition) is 8. The summed E-state index contributed by atoms with van der Waals surface area (Å²) in [5.41, 5.74) is 1.54. The molecule has 2 fully saturated rings. The molecule has 2 N–H and O–H groups in total. The summed E-state index contributed by atoms with van der Waals surface area (Å²) in [7, 11) is 1.51. The molecule has 52 heavy (non-hydrogen) atoms. The summed E-state index contributed by atoms with van der Waals surface area (Å²) < 4.78 is 19.1. The Hall–Kier alpha value is -3.84. The SMILES string of the molecule is COC[C@@H]1NC(=O)CC/C=C\CN(c2c(C)cccc2C)C(=O)[C@H]2N([C@@H](CO)CC(C)C)C(=O)[C@@H]3[C@@H](C(=O)O[C@H]1c1ccccc1)[C@@H]1O[C@@]32C=C1Br. The fourth-order valence-corrected chi connectivity index (χ4v) is 9.23. The predicted octanol–water partition coefficient (Wildman–Crippen LogP) is 4.68. The number of para-hydroxylation sites is 1. The molecule has 4 heterocycles. The standard InChI is InChI=1S/C40H48BrN3O8/c1-23(2)19-27(21-45)44-36-38(48)43(33-24(3)13-12-14-25(33)4)18-11-7-10-17-30(46)42-29(22-50-5)34(26-15-8-6-9-16-26)51-39(49)31-32(37(44)47)40(36)20-28(41)35(31)52-40/h6-9,11-16,20,23,27,29,31-32,34-36,45H,10,17-19,21-22H2,1-5H3,(H,42,46)/b11-7-/t27-,29+,31-,32+,34+,35-,36-,40+/m1/s1. The van der Waals surface area contributed by atoms with Crippen molar-refractivity contribution in [2.45, 2.75) is 82.9 Å². The van der Waals surface area contributed by atoms with Gasteiger partial charge in [-0.2, -0.15) is 0 Å².